The summed E-state index contributed by atoms with van der Waals surface area (Å²) in [4.78, 5) is 24.4. The molecule has 19 heavy (non-hydrogen) atoms. The topological polar surface area (TPSA) is 77.8 Å². The van der Waals surface area contributed by atoms with Crippen molar-refractivity contribution in [1.29, 1.82) is 0 Å². The van der Waals surface area contributed by atoms with Crippen molar-refractivity contribution in [3.8, 4) is 0 Å². The number of benzene rings is 1. The zero-order chi connectivity index (χ0) is 13.8. The molecule has 1 fully saturated rings. The number of carboxylic acids is 2. The van der Waals surface area contributed by atoms with E-state index in [1.165, 1.54) is 0 Å². The zero-order valence-electron chi connectivity index (χ0n) is 10.5. The summed E-state index contributed by atoms with van der Waals surface area (Å²) in [6.45, 7) is 0.503. The van der Waals surface area contributed by atoms with Gasteiger partial charge in [0.1, 0.15) is 12.1 Å². The number of likely N-dealkylation sites (tertiary alicyclic amines) is 1. The van der Waals surface area contributed by atoms with Crippen LogP contribution < -0.4 is 0 Å². The van der Waals surface area contributed by atoms with Gasteiger partial charge in [0.05, 0.1) is 0 Å². The predicted molar refractivity (Wildman–Crippen MR) is 68.8 cm³/mol. The Morgan fingerprint density at radius 1 is 1.16 bits per heavy atom. The van der Waals surface area contributed by atoms with Crippen LogP contribution in [0.5, 0.6) is 0 Å². The predicted octanol–water partition coefficient (Wildman–Crippen LogP) is 1.75. The lowest BCUT2D eigenvalue weighted by atomic mass is 9.96. The van der Waals surface area contributed by atoms with E-state index in [0.29, 0.717) is 18.5 Å². The molecule has 2 rings (SSSR count). The van der Waals surface area contributed by atoms with Gasteiger partial charge < -0.3 is 10.2 Å². The molecule has 102 valence electrons. The first-order valence-corrected chi connectivity index (χ1v) is 6.37. The molecular formula is C14H17NO4. The van der Waals surface area contributed by atoms with Crippen molar-refractivity contribution >= 4 is 11.9 Å². The van der Waals surface area contributed by atoms with E-state index >= 15 is 0 Å². The third-order valence-electron chi connectivity index (χ3n) is 3.51. The lowest BCUT2D eigenvalue weighted by Gasteiger charge is -2.37. The summed E-state index contributed by atoms with van der Waals surface area (Å²) >= 11 is 0. The van der Waals surface area contributed by atoms with Crippen molar-refractivity contribution in [3.05, 3.63) is 35.9 Å². The Balaban J connectivity index is 2.32. The van der Waals surface area contributed by atoms with Crippen molar-refractivity contribution in [2.75, 3.05) is 6.54 Å². The minimum absolute atomic E-state index is 0.503. The number of nitrogens with zero attached hydrogens (tertiary/aromatic N) is 1. The second-order valence-electron chi connectivity index (χ2n) is 4.74. The summed E-state index contributed by atoms with van der Waals surface area (Å²) in [6.07, 6.45) is 2.17. The van der Waals surface area contributed by atoms with Crippen molar-refractivity contribution < 1.29 is 19.8 Å². The normalized spacial score (nSPS) is 21.8. The minimum atomic E-state index is -1.00. The molecule has 1 aliphatic rings. The van der Waals surface area contributed by atoms with Crippen molar-refractivity contribution in [1.82, 2.24) is 4.90 Å². The molecule has 5 nitrogen and oxygen atoms in total. The van der Waals surface area contributed by atoms with Crippen LogP contribution in [-0.4, -0.2) is 39.6 Å². The fourth-order valence-electron chi connectivity index (χ4n) is 2.64. The van der Waals surface area contributed by atoms with Crippen molar-refractivity contribution in [3.63, 3.8) is 0 Å². The molecule has 0 aromatic heterocycles. The van der Waals surface area contributed by atoms with Gasteiger partial charge in [0.25, 0.3) is 0 Å². The van der Waals surface area contributed by atoms with E-state index in [9.17, 15) is 19.8 Å². The Morgan fingerprint density at radius 2 is 1.84 bits per heavy atom. The van der Waals surface area contributed by atoms with Crippen LogP contribution in [0.25, 0.3) is 0 Å². The number of hydrogen-bond acceptors (Lipinski definition) is 3. The smallest absolute Gasteiger partial charge is 0.325 e. The number of rotatable bonds is 4. The Labute approximate surface area is 111 Å². The van der Waals surface area contributed by atoms with Gasteiger partial charge in [-0.15, -0.1) is 0 Å². The van der Waals surface area contributed by atoms with Crippen LogP contribution in [-0.2, 0) is 9.59 Å². The molecule has 1 aromatic carbocycles. The van der Waals surface area contributed by atoms with Gasteiger partial charge in [-0.05, 0) is 18.4 Å². The third kappa shape index (κ3) is 2.93. The molecule has 1 aromatic rings. The molecule has 0 radical (unpaired) electrons. The van der Waals surface area contributed by atoms with Crippen LogP contribution in [0.15, 0.2) is 30.3 Å². The van der Waals surface area contributed by atoms with Crippen molar-refractivity contribution in [2.45, 2.75) is 31.3 Å². The maximum atomic E-state index is 11.5. The molecule has 1 heterocycles. The van der Waals surface area contributed by atoms with E-state index in [2.05, 4.69) is 0 Å². The van der Waals surface area contributed by atoms with Gasteiger partial charge >= 0.3 is 11.9 Å². The van der Waals surface area contributed by atoms with Gasteiger partial charge in [-0.3, -0.25) is 14.5 Å². The summed E-state index contributed by atoms with van der Waals surface area (Å²) in [6, 6.07) is 7.21. The SMILES string of the molecule is O=C(O)C1CCCCN1[C@@H](C(=O)O)c1ccccc1. The van der Waals surface area contributed by atoms with Gasteiger partial charge in [0.2, 0.25) is 0 Å². The molecule has 2 N–H and O–H groups in total. The maximum absolute atomic E-state index is 11.5. The highest BCUT2D eigenvalue weighted by molar-refractivity contribution is 5.78. The first-order chi connectivity index (χ1) is 9.11. The molecule has 1 saturated heterocycles. The summed E-state index contributed by atoms with van der Waals surface area (Å²) < 4.78 is 0. The number of carboxylic acid groups (broad SMARTS) is 2. The lowest BCUT2D eigenvalue weighted by Crippen LogP contribution is -2.48. The Bertz CT molecular complexity index is 460. The third-order valence-corrected chi connectivity index (χ3v) is 3.51. The van der Waals surface area contributed by atoms with E-state index in [1.54, 1.807) is 29.2 Å². The van der Waals surface area contributed by atoms with E-state index in [0.717, 1.165) is 12.8 Å². The van der Waals surface area contributed by atoms with Crippen LogP contribution >= 0.6 is 0 Å². The standard InChI is InChI=1S/C14H17NO4/c16-13(17)11-8-4-5-9-15(11)12(14(18)19)10-6-2-1-3-7-10/h1-3,6-7,11-12H,4-5,8-9H2,(H,16,17)(H,18,19)/t11?,12-/m1/s1. The molecule has 0 spiro atoms. The summed E-state index contributed by atoms with van der Waals surface area (Å²) in [5.41, 5.74) is 0.628. The number of piperidine rings is 1. The molecule has 2 atom stereocenters. The zero-order valence-corrected chi connectivity index (χ0v) is 10.5. The fourth-order valence-corrected chi connectivity index (χ4v) is 2.64. The molecule has 1 aliphatic heterocycles. The molecule has 0 aliphatic carbocycles. The highest BCUT2D eigenvalue weighted by atomic mass is 16.4. The monoisotopic (exact) mass is 263 g/mol. The van der Waals surface area contributed by atoms with Crippen LogP contribution in [0.4, 0.5) is 0 Å². The van der Waals surface area contributed by atoms with Crippen molar-refractivity contribution in [2.24, 2.45) is 0 Å². The first kappa shape index (κ1) is 13.5. The van der Waals surface area contributed by atoms with Gasteiger partial charge in [0, 0.05) is 6.54 Å². The Kier molecular flexibility index (Phi) is 4.16. The van der Waals surface area contributed by atoms with E-state index in [-0.39, 0.29) is 0 Å². The average molecular weight is 263 g/mol. The number of aliphatic carboxylic acids is 2. The quantitative estimate of drug-likeness (QED) is 0.865. The van der Waals surface area contributed by atoms with E-state index in [4.69, 9.17) is 0 Å². The summed E-state index contributed by atoms with van der Waals surface area (Å²) in [7, 11) is 0. The largest absolute Gasteiger partial charge is 0.480 e. The van der Waals surface area contributed by atoms with Gasteiger partial charge in [-0.25, -0.2) is 0 Å². The van der Waals surface area contributed by atoms with E-state index < -0.39 is 24.0 Å². The minimum Gasteiger partial charge on any atom is -0.480 e. The van der Waals surface area contributed by atoms with Crippen LogP contribution in [0, 0.1) is 0 Å². The van der Waals surface area contributed by atoms with Gasteiger partial charge in [-0.2, -0.15) is 0 Å². The summed E-state index contributed by atoms with van der Waals surface area (Å²) in [5.74, 6) is -1.94. The molecular weight excluding hydrogens is 246 g/mol. The maximum Gasteiger partial charge on any atom is 0.325 e. The Hall–Kier alpha value is -1.88. The second-order valence-corrected chi connectivity index (χ2v) is 4.74. The Morgan fingerprint density at radius 3 is 2.42 bits per heavy atom. The number of carbonyl (C=O) groups is 2. The average Bonchev–Trinajstić information content (AvgIpc) is 2.40. The summed E-state index contributed by atoms with van der Waals surface area (Å²) in [5, 5.41) is 18.7. The molecule has 1 unspecified atom stereocenters. The lowest BCUT2D eigenvalue weighted by molar-refractivity contribution is -0.152. The molecule has 0 amide bonds. The van der Waals surface area contributed by atoms with E-state index in [1.807, 2.05) is 6.07 Å². The number of hydrogen-bond donors (Lipinski definition) is 2. The highest BCUT2D eigenvalue weighted by Crippen LogP contribution is 2.29. The van der Waals surface area contributed by atoms with Crippen LogP contribution in [0.1, 0.15) is 30.9 Å². The van der Waals surface area contributed by atoms with Gasteiger partial charge in [0.15, 0.2) is 0 Å². The van der Waals surface area contributed by atoms with Gasteiger partial charge in [-0.1, -0.05) is 36.8 Å². The van der Waals surface area contributed by atoms with Crippen LogP contribution in [0.2, 0.25) is 0 Å². The first-order valence-electron chi connectivity index (χ1n) is 6.37. The van der Waals surface area contributed by atoms with Crippen LogP contribution in [0.3, 0.4) is 0 Å². The fraction of sp³-hybridized carbons (Fsp3) is 0.429. The highest BCUT2D eigenvalue weighted by Gasteiger charge is 2.37. The molecule has 0 bridgehead atoms. The molecule has 0 saturated carbocycles. The molecule has 5 heteroatoms. The second kappa shape index (κ2) is 5.84.